The van der Waals surface area contributed by atoms with Gasteiger partial charge >= 0.3 is 0 Å². The summed E-state index contributed by atoms with van der Waals surface area (Å²) in [5.74, 6) is -0.0612. The van der Waals surface area contributed by atoms with Gasteiger partial charge in [0, 0.05) is 23.4 Å². The molecule has 31 heavy (non-hydrogen) atoms. The maximum Gasteiger partial charge on any atom is 0.273 e. The third-order valence-electron chi connectivity index (χ3n) is 4.53. The number of nitrogens with one attached hydrogen (secondary N) is 1. The van der Waals surface area contributed by atoms with Crippen molar-refractivity contribution in [3.05, 3.63) is 73.4 Å². The van der Waals surface area contributed by atoms with Crippen molar-refractivity contribution in [1.29, 1.82) is 0 Å². The van der Waals surface area contributed by atoms with Crippen LogP contribution in [0.3, 0.4) is 0 Å². The van der Waals surface area contributed by atoms with Crippen molar-refractivity contribution in [2.45, 2.75) is 12.1 Å². The summed E-state index contributed by atoms with van der Waals surface area (Å²) in [6, 6.07) is 14.7. The Kier molecular flexibility index (Phi) is 6.29. The number of anilines is 1. The van der Waals surface area contributed by atoms with Gasteiger partial charge in [0.1, 0.15) is 4.70 Å². The summed E-state index contributed by atoms with van der Waals surface area (Å²) in [7, 11) is 1.64. The molecule has 0 spiro atoms. The molecule has 2 aromatic heterocycles. The zero-order chi connectivity index (χ0) is 22.1. The number of aryl methyl sites for hydroxylation is 1. The predicted octanol–water partition coefficient (Wildman–Crippen LogP) is 5.21. The smallest absolute Gasteiger partial charge is 0.273 e. The molecule has 158 valence electrons. The number of nitrogens with zero attached hydrogens (tertiary/aromatic N) is 3. The van der Waals surface area contributed by atoms with Crippen molar-refractivity contribution < 1.29 is 4.79 Å². The number of benzene rings is 2. The van der Waals surface area contributed by atoms with E-state index in [0.717, 1.165) is 16.9 Å². The second-order valence-corrected chi connectivity index (χ2v) is 9.82. The summed E-state index contributed by atoms with van der Waals surface area (Å²) >= 11 is 13.9. The van der Waals surface area contributed by atoms with Gasteiger partial charge < -0.3 is 5.32 Å². The molecule has 2 heterocycles. The Morgan fingerprint density at radius 2 is 1.87 bits per heavy atom. The first-order valence-corrected chi connectivity index (χ1v) is 11.8. The van der Waals surface area contributed by atoms with Gasteiger partial charge in [-0.15, -0.1) is 0 Å². The summed E-state index contributed by atoms with van der Waals surface area (Å²) in [6.07, 6.45) is 0. The number of hydrogen-bond acceptors (Lipinski definition) is 6. The van der Waals surface area contributed by atoms with E-state index >= 15 is 0 Å². The molecule has 0 unspecified atom stereocenters. The fraction of sp³-hybridized carbons (Fsp3) is 0.143. The Morgan fingerprint density at radius 1 is 1.19 bits per heavy atom. The van der Waals surface area contributed by atoms with Crippen LogP contribution in [-0.4, -0.2) is 25.8 Å². The second kappa shape index (κ2) is 8.96. The highest BCUT2D eigenvalue weighted by Crippen LogP contribution is 2.26. The molecule has 10 heteroatoms. The molecule has 4 aromatic rings. The summed E-state index contributed by atoms with van der Waals surface area (Å²) in [6.45, 7) is 1.98. The topological polar surface area (TPSA) is 68.9 Å². The summed E-state index contributed by atoms with van der Waals surface area (Å²) in [4.78, 5) is 29.9. The second-order valence-electron chi connectivity index (χ2n) is 6.79. The number of carbonyl (C=O) groups is 1. The van der Waals surface area contributed by atoms with Crippen LogP contribution >= 0.6 is 46.9 Å². The first kappa shape index (κ1) is 21.8. The largest absolute Gasteiger partial charge is 0.325 e. The maximum atomic E-state index is 12.9. The maximum absolute atomic E-state index is 12.9. The molecule has 2 aromatic carbocycles. The monoisotopic (exact) mass is 488 g/mol. The van der Waals surface area contributed by atoms with E-state index in [2.05, 4.69) is 10.3 Å². The van der Waals surface area contributed by atoms with Crippen molar-refractivity contribution in [1.82, 2.24) is 14.1 Å². The van der Waals surface area contributed by atoms with Crippen LogP contribution in [0.4, 0.5) is 5.69 Å². The van der Waals surface area contributed by atoms with Gasteiger partial charge in [0.25, 0.3) is 5.56 Å². The fourth-order valence-corrected chi connectivity index (χ4v) is 5.16. The van der Waals surface area contributed by atoms with E-state index in [1.54, 1.807) is 23.7 Å². The number of halogens is 1. The van der Waals surface area contributed by atoms with Gasteiger partial charge in [-0.2, -0.15) is 0 Å². The standard InChI is InChI=1S/C21H17ClN4O2S3/c1-12-3-7-14(8-4-12)23-16(27)11-30-20-24-18-17(19(28)25(20)2)31-21(29)26(18)15-9-5-13(22)6-10-15/h3-10H,11H2,1-2H3,(H,23,27). The van der Waals surface area contributed by atoms with Gasteiger partial charge in [0.05, 0.1) is 5.75 Å². The lowest BCUT2D eigenvalue weighted by Crippen LogP contribution is -2.21. The molecule has 1 N–H and O–H groups in total. The summed E-state index contributed by atoms with van der Waals surface area (Å²) in [5.41, 5.74) is 2.89. The van der Waals surface area contributed by atoms with Gasteiger partial charge in [0.15, 0.2) is 14.8 Å². The highest BCUT2D eigenvalue weighted by Gasteiger charge is 2.17. The van der Waals surface area contributed by atoms with E-state index in [4.69, 9.17) is 23.8 Å². The molecule has 0 radical (unpaired) electrons. The third kappa shape index (κ3) is 4.59. The fourth-order valence-electron chi connectivity index (χ4n) is 2.92. The number of fused-ring (bicyclic) bond motifs is 1. The Morgan fingerprint density at radius 3 is 2.55 bits per heavy atom. The molecule has 0 bridgehead atoms. The number of amides is 1. The number of aromatic nitrogens is 3. The minimum Gasteiger partial charge on any atom is -0.325 e. The van der Waals surface area contributed by atoms with Crippen LogP contribution in [0.1, 0.15) is 5.56 Å². The molecule has 0 saturated carbocycles. The molecule has 0 aliphatic carbocycles. The number of hydrogen-bond donors (Lipinski definition) is 1. The van der Waals surface area contributed by atoms with Gasteiger partial charge in [0.2, 0.25) is 5.91 Å². The molecule has 0 aliphatic rings. The molecule has 1 amide bonds. The van der Waals surface area contributed by atoms with E-state index in [1.165, 1.54) is 27.7 Å². The lowest BCUT2D eigenvalue weighted by Gasteiger charge is -2.09. The first-order chi connectivity index (χ1) is 14.8. The molecule has 0 atom stereocenters. The minimum absolute atomic E-state index is 0.117. The lowest BCUT2D eigenvalue weighted by molar-refractivity contribution is -0.113. The van der Waals surface area contributed by atoms with Crippen LogP contribution in [0.15, 0.2) is 58.5 Å². The van der Waals surface area contributed by atoms with E-state index in [9.17, 15) is 9.59 Å². The first-order valence-electron chi connectivity index (χ1n) is 9.21. The third-order valence-corrected chi connectivity index (χ3v) is 7.16. The number of thiazole rings is 1. The van der Waals surface area contributed by atoms with Gasteiger partial charge in [-0.05, 0) is 55.5 Å². The lowest BCUT2D eigenvalue weighted by atomic mass is 10.2. The Bertz CT molecular complexity index is 1390. The molecule has 0 aliphatic heterocycles. The Hall–Kier alpha value is -2.46. The summed E-state index contributed by atoms with van der Waals surface area (Å²) < 4.78 is 4.18. The molecule has 0 saturated heterocycles. The van der Waals surface area contributed by atoms with Crippen LogP contribution in [0, 0.1) is 10.9 Å². The van der Waals surface area contributed by atoms with E-state index in [1.807, 2.05) is 43.3 Å². The highest BCUT2D eigenvalue weighted by molar-refractivity contribution is 7.99. The molecule has 6 nitrogen and oxygen atoms in total. The molecular formula is C21H17ClN4O2S3. The zero-order valence-electron chi connectivity index (χ0n) is 16.6. The highest BCUT2D eigenvalue weighted by atomic mass is 35.5. The SMILES string of the molecule is Cc1ccc(NC(=O)CSc2nc3c(sc(=S)n3-c3ccc(Cl)cc3)c(=O)n2C)cc1. The van der Waals surface area contributed by atoms with Gasteiger partial charge in [-0.25, -0.2) is 4.98 Å². The van der Waals surface area contributed by atoms with Crippen LogP contribution in [0.2, 0.25) is 5.02 Å². The van der Waals surface area contributed by atoms with Crippen LogP contribution in [0.25, 0.3) is 16.0 Å². The molecule has 0 fully saturated rings. The Balaban J connectivity index is 1.64. The summed E-state index contributed by atoms with van der Waals surface area (Å²) in [5, 5.41) is 3.89. The van der Waals surface area contributed by atoms with Crippen LogP contribution in [0.5, 0.6) is 0 Å². The van der Waals surface area contributed by atoms with E-state index in [-0.39, 0.29) is 17.2 Å². The van der Waals surface area contributed by atoms with Gasteiger partial charge in [-0.1, -0.05) is 52.4 Å². The average molecular weight is 489 g/mol. The number of thioether (sulfide) groups is 1. The average Bonchev–Trinajstić information content (AvgIpc) is 3.08. The van der Waals surface area contributed by atoms with E-state index in [0.29, 0.717) is 24.5 Å². The molecule has 4 rings (SSSR count). The zero-order valence-corrected chi connectivity index (χ0v) is 19.8. The van der Waals surface area contributed by atoms with Crippen molar-refractivity contribution in [3.63, 3.8) is 0 Å². The minimum atomic E-state index is -0.199. The van der Waals surface area contributed by atoms with E-state index < -0.39 is 0 Å². The molecular weight excluding hydrogens is 472 g/mol. The van der Waals surface area contributed by atoms with Gasteiger partial charge in [-0.3, -0.25) is 18.7 Å². The van der Waals surface area contributed by atoms with Crippen molar-refractivity contribution in [2.75, 3.05) is 11.1 Å². The normalized spacial score (nSPS) is 11.1. The van der Waals surface area contributed by atoms with Crippen molar-refractivity contribution in [3.8, 4) is 5.69 Å². The number of rotatable bonds is 5. The number of carbonyl (C=O) groups excluding carboxylic acids is 1. The predicted molar refractivity (Wildman–Crippen MR) is 131 cm³/mol. The van der Waals surface area contributed by atoms with Crippen LogP contribution in [-0.2, 0) is 11.8 Å². The Labute approximate surface area is 196 Å². The van der Waals surface area contributed by atoms with Crippen molar-refractivity contribution in [2.24, 2.45) is 7.05 Å². The quantitative estimate of drug-likeness (QED) is 0.237. The van der Waals surface area contributed by atoms with Crippen molar-refractivity contribution >= 4 is 68.9 Å². The van der Waals surface area contributed by atoms with Crippen LogP contribution < -0.4 is 10.9 Å².